The summed E-state index contributed by atoms with van der Waals surface area (Å²) in [5.74, 6) is 1.80. The van der Waals surface area contributed by atoms with Crippen molar-refractivity contribution in [3.8, 4) is 17.1 Å². The molecule has 3 heterocycles. The third kappa shape index (κ3) is 12.0. The highest BCUT2D eigenvalue weighted by atomic mass is 16.5. The summed E-state index contributed by atoms with van der Waals surface area (Å²) in [5, 5.41) is 18.5. The standard InChI is InChI=1S/C23H28N2O3.C10H19N3O2.C2H6/c1-4-18(26)9-7-5-6-8-10-23-24-15-22(28-23)19-13-17-12-11-16(2)25-20(17)14-21(19)27-3;1-2-13-5-3-10(15,4-6-13)7-8(11)9(12)14;1-2/h11-15H,4-10H2,1-3H3;11,15H,2-7H2,1H3,(H2,12,14);1-2H3. The smallest absolute Gasteiger partial charge is 0.262 e. The van der Waals surface area contributed by atoms with E-state index in [1.54, 1.807) is 13.3 Å². The lowest BCUT2D eigenvalue weighted by Crippen LogP contribution is -2.46. The van der Waals surface area contributed by atoms with E-state index in [9.17, 15) is 14.7 Å². The Morgan fingerprint density at radius 2 is 1.80 bits per heavy atom. The van der Waals surface area contributed by atoms with Crippen LogP contribution in [0.25, 0.3) is 22.2 Å². The molecule has 10 heteroatoms. The molecule has 0 atom stereocenters. The molecule has 1 saturated heterocycles. The SMILES string of the molecule is CC.CCC(=O)CCCCCCc1ncc(-c2cc3ccc(C)nc3cc2OC)o1.CCN1CCC(O)(CC(=N)C(N)=O)CC1. The second-order valence-electron chi connectivity index (χ2n) is 11.3. The number of amides is 1. The molecule has 1 amide bonds. The zero-order chi connectivity index (χ0) is 33.4. The van der Waals surface area contributed by atoms with Gasteiger partial charge in [0, 0.05) is 55.9 Å². The number of hydrogen-bond acceptors (Lipinski definition) is 9. The maximum Gasteiger partial charge on any atom is 0.262 e. The van der Waals surface area contributed by atoms with Gasteiger partial charge in [0.2, 0.25) is 0 Å². The van der Waals surface area contributed by atoms with Gasteiger partial charge in [0.15, 0.2) is 11.7 Å². The highest BCUT2D eigenvalue weighted by Crippen LogP contribution is 2.34. The minimum Gasteiger partial charge on any atom is -0.496 e. The molecule has 0 aliphatic carbocycles. The van der Waals surface area contributed by atoms with E-state index in [1.165, 1.54) is 0 Å². The van der Waals surface area contributed by atoms with E-state index in [-0.39, 0.29) is 12.1 Å². The number of fused-ring (bicyclic) bond motifs is 1. The van der Waals surface area contributed by atoms with Crippen molar-refractivity contribution in [1.29, 1.82) is 5.41 Å². The number of carbonyl (C=O) groups is 2. The maximum atomic E-state index is 11.3. The molecule has 0 spiro atoms. The van der Waals surface area contributed by atoms with Crippen LogP contribution in [0.3, 0.4) is 0 Å². The molecule has 248 valence electrons. The Hall–Kier alpha value is -3.63. The van der Waals surface area contributed by atoms with Crippen molar-refractivity contribution in [3.05, 3.63) is 42.0 Å². The average molecular weight is 624 g/mol. The first kappa shape index (κ1) is 37.6. The summed E-state index contributed by atoms with van der Waals surface area (Å²) in [6.45, 7) is 12.6. The largest absolute Gasteiger partial charge is 0.496 e. The van der Waals surface area contributed by atoms with Gasteiger partial charge in [0.05, 0.1) is 35.7 Å². The number of Topliss-reactive ketones (excluding diaryl/α,β-unsaturated/α-hetero) is 1. The van der Waals surface area contributed by atoms with Crippen LogP contribution in [0.5, 0.6) is 5.75 Å². The summed E-state index contributed by atoms with van der Waals surface area (Å²) in [6.07, 6.45) is 9.36. The third-order valence-corrected chi connectivity index (χ3v) is 8.00. The molecule has 2 aromatic heterocycles. The van der Waals surface area contributed by atoms with E-state index in [0.717, 1.165) is 85.5 Å². The minimum atomic E-state index is -0.905. The Balaban J connectivity index is 0.000000351. The van der Waals surface area contributed by atoms with E-state index in [0.29, 0.717) is 37.2 Å². The molecule has 10 nitrogen and oxygen atoms in total. The number of nitrogens with one attached hydrogen (secondary N) is 1. The number of oxazole rings is 1. The van der Waals surface area contributed by atoms with Crippen molar-refractivity contribution in [2.45, 2.75) is 104 Å². The average Bonchev–Trinajstić information content (AvgIpc) is 3.52. The van der Waals surface area contributed by atoms with Gasteiger partial charge in [-0.25, -0.2) is 4.98 Å². The lowest BCUT2D eigenvalue weighted by Gasteiger charge is -2.37. The number of nitrogens with zero attached hydrogens (tertiary/aromatic N) is 3. The number of nitrogens with two attached hydrogens (primary N) is 1. The van der Waals surface area contributed by atoms with E-state index >= 15 is 0 Å². The summed E-state index contributed by atoms with van der Waals surface area (Å²) in [6, 6.07) is 8.03. The van der Waals surface area contributed by atoms with E-state index in [4.69, 9.17) is 20.3 Å². The van der Waals surface area contributed by atoms with Crippen molar-refractivity contribution in [3.63, 3.8) is 0 Å². The van der Waals surface area contributed by atoms with Gasteiger partial charge < -0.3 is 24.9 Å². The normalized spacial score (nSPS) is 14.1. The van der Waals surface area contributed by atoms with Crippen molar-refractivity contribution in [2.75, 3.05) is 26.7 Å². The number of primary amides is 1. The monoisotopic (exact) mass is 623 g/mol. The number of rotatable bonds is 14. The summed E-state index contributed by atoms with van der Waals surface area (Å²) in [4.78, 5) is 33.3. The molecule has 4 N–H and O–H groups in total. The minimum absolute atomic E-state index is 0.0832. The number of piperidine rings is 1. The number of aliphatic hydroxyl groups is 1. The molecule has 1 aromatic carbocycles. The Bertz CT molecular complexity index is 1380. The first-order valence-corrected chi connectivity index (χ1v) is 16.3. The topological polar surface area (TPSA) is 156 Å². The number of methoxy groups -OCH3 is 1. The lowest BCUT2D eigenvalue weighted by molar-refractivity contribution is -0.118. The van der Waals surface area contributed by atoms with Crippen LogP contribution in [-0.4, -0.2) is 69.7 Å². The van der Waals surface area contributed by atoms with Gasteiger partial charge >= 0.3 is 0 Å². The Morgan fingerprint density at radius 1 is 1.11 bits per heavy atom. The molecule has 1 aliphatic rings. The Labute approximate surface area is 268 Å². The summed E-state index contributed by atoms with van der Waals surface area (Å²) in [5.41, 5.74) is 6.66. The van der Waals surface area contributed by atoms with Crippen molar-refractivity contribution >= 4 is 28.3 Å². The van der Waals surface area contributed by atoms with E-state index in [2.05, 4.69) is 27.9 Å². The van der Waals surface area contributed by atoms with Crippen LogP contribution >= 0.6 is 0 Å². The molecule has 3 aromatic rings. The highest BCUT2D eigenvalue weighted by Gasteiger charge is 2.33. The second kappa shape index (κ2) is 19.0. The second-order valence-corrected chi connectivity index (χ2v) is 11.3. The Morgan fingerprint density at radius 3 is 2.42 bits per heavy atom. The molecule has 0 bridgehead atoms. The maximum absolute atomic E-state index is 11.3. The van der Waals surface area contributed by atoms with Crippen molar-refractivity contribution in [1.82, 2.24) is 14.9 Å². The van der Waals surface area contributed by atoms with Gasteiger partial charge in [-0.05, 0) is 51.3 Å². The van der Waals surface area contributed by atoms with Gasteiger partial charge in [-0.1, -0.05) is 46.6 Å². The molecule has 0 radical (unpaired) electrons. The van der Waals surface area contributed by atoms with Crippen LogP contribution < -0.4 is 10.5 Å². The van der Waals surface area contributed by atoms with Gasteiger partial charge in [-0.15, -0.1) is 0 Å². The number of unbranched alkanes of at least 4 members (excludes halogenated alkanes) is 3. The van der Waals surface area contributed by atoms with Crippen molar-refractivity contribution in [2.24, 2.45) is 5.73 Å². The van der Waals surface area contributed by atoms with Crippen LogP contribution in [0.4, 0.5) is 0 Å². The number of pyridine rings is 1. The summed E-state index contributed by atoms with van der Waals surface area (Å²) >= 11 is 0. The molecular formula is C35H53N5O5. The van der Waals surface area contributed by atoms with Gasteiger partial charge in [0.1, 0.15) is 11.5 Å². The molecule has 4 rings (SSSR count). The number of aromatic nitrogens is 2. The number of ketones is 1. The van der Waals surface area contributed by atoms with Crippen LogP contribution in [-0.2, 0) is 16.0 Å². The molecule has 45 heavy (non-hydrogen) atoms. The Kier molecular flexibility index (Phi) is 15.9. The third-order valence-electron chi connectivity index (χ3n) is 8.00. The number of aryl methyl sites for hydroxylation is 2. The predicted molar refractivity (Wildman–Crippen MR) is 180 cm³/mol. The number of ether oxygens (including phenoxy) is 1. The number of carbonyl (C=O) groups excluding carboxylic acids is 2. The fourth-order valence-corrected chi connectivity index (χ4v) is 5.17. The van der Waals surface area contributed by atoms with Crippen LogP contribution in [0, 0.1) is 12.3 Å². The summed E-state index contributed by atoms with van der Waals surface area (Å²) in [7, 11) is 1.65. The van der Waals surface area contributed by atoms with Crippen molar-refractivity contribution < 1.29 is 23.8 Å². The summed E-state index contributed by atoms with van der Waals surface area (Å²) < 4.78 is 11.5. The molecule has 0 saturated carbocycles. The predicted octanol–water partition coefficient (Wildman–Crippen LogP) is 6.43. The highest BCUT2D eigenvalue weighted by molar-refractivity contribution is 6.37. The molecule has 0 unspecified atom stereocenters. The van der Waals surface area contributed by atoms with Crippen LogP contribution in [0.1, 0.15) is 97.1 Å². The number of hydrogen-bond donors (Lipinski definition) is 3. The van der Waals surface area contributed by atoms with Crippen LogP contribution in [0.2, 0.25) is 0 Å². The quantitative estimate of drug-likeness (QED) is 0.137. The zero-order valence-electron chi connectivity index (χ0n) is 28.1. The van der Waals surface area contributed by atoms with E-state index < -0.39 is 11.5 Å². The fourth-order valence-electron chi connectivity index (χ4n) is 5.17. The fraction of sp³-hybridized carbons (Fsp3) is 0.571. The first-order chi connectivity index (χ1) is 21.6. The first-order valence-electron chi connectivity index (χ1n) is 16.3. The zero-order valence-corrected chi connectivity index (χ0v) is 28.1. The van der Waals surface area contributed by atoms with Gasteiger partial charge in [-0.3, -0.25) is 20.0 Å². The molecular weight excluding hydrogens is 570 g/mol. The van der Waals surface area contributed by atoms with Crippen LogP contribution in [0.15, 0.2) is 34.9 Å². The number of benzene rings is 1. The number of likely N-dealkylation sites (tertiary alicyclic amines) is 1. The van der Waals surface area contributed by atoms with Gasteiger partial charge in [-0.2, -0.15) is 0 Å². The van der Waals surface area contributed by atoms with E-state index in [1.807, 2.05) is 45.9 Å². The molecule has 1 aliphatic heterocycles. The lowest BCUT2D eigenvalue weighted by atomic mass is 9.86. The molecule has 1 fully saturated rings. The van der Waals surface area contributed by atoms with Gasteiger partial charge in [0.25, 0.3) is 5.91 Å².